The minimum Gasteiger partial charge on any atom is -0.393 e. The van der Waals surface area contributed by atoms with Crippen molar-refractivity contribution in [1.29, 1.82) is 0 Å². The van der Waals surface area contributed by atoms with Crippen molar-refractivity contribution in [2.45, 2.75) is 46.0 Å². The predicted octanol–water partition coefficient (Wildman–Crippen LogP) is 2.34. The van der Waals surface area contributed by atoms with E-state index in [-0.39, 0.29) is 11.8 Å². The average Bonchev–Trinajstić information content (AvgIpc) is 2.49. The lowest BCUT2D eigenvalue weighted by Gasteiger charge is -2.25. The minimum absolute atomic E-state index is 0.147. The van der Waals surface area contributed by atoms with E-state index in [1.54, 1.807) is 0 Å². The van der Waals surface area contributed by atoms with E-state index in [1.165, 1.54) is 6.42 Å². The standard InChI is InChI=1S/C13H24N2OS/c1-3-5-11(12(14)17)13(16)15-8-4-6-10(2)7-9-15/h10-11H,3-9H2,1-2H3,(H2,14,17). The molecular formula is C13H24N2OS. The second-order valence-corrected chi connectivity index (χ2v) is 5.58. The molecule has 1 rings (SSSR count). The maximum atomic E-state index is 12.3. The lowest BCUT2D eigenvalue weighted by molar-refractivity contribution is -0.133. The van der Waals surface area contributed by atoms with Gasteiger partial charge in [-0.05, 0) is 31.6 Å². The summed E-state index contributed by atoms with van der Waals surface area (Å²) in [5, 5.41) is 0. The molecule has 0 aromatic rings. The zero-order valence-corrected chi connectivity index (χ0v) is 11.8. The summed E-state index contributed by atoms with van der Waals surface area (Å²) >= 11 is 5.02. The van der Waals surface area contributed by atoms with Crippen molar-refractivity contribution in [2.75, 3.05) is 13.1 Å². The molecule has 1 fully saturated rings. The fraction of sp³-hybridized carbons (Fsp3) is 0.846. The van der Waals surface area contributed by atoms with Crippen LogP contribution in [0.2, 0.25) is 0 Å². The summed E-state index contributed by atoms with van der Waals surface area (Å²) in [6.45, 7) is 6.04. The van der Waals surface area contributed by atoms with Gasteiger partial charge in [0.1, 0.15) is 0 Å². The Kier molecular flexibility index (Phi) is 5.89. The quantitative estimate of drug-likeness (QED) is 0.785. The van der Waals surface area contributed by atoms with Gasteiger partial charge in [0.05, 0.1) is 10.9 Å². The fourth-order valence-corrected chi connectivity index (χ4v) is 2.60. The number of likely N-dealkylation sites (tertiary alicyclic amines) is 1. The summed E-state index contributed by atoms with van der Waals surface area (Å²) in [7, 11) is 0. The van der Waals surface area contributed by atoms with Crippen LogP contribution in [-0.2, 0) is 4.79 Å². The second-order valence-electron chi connectivity index (χ2n) is 5.10. The maximum Gasteiger partial charge on any atom is 0.232 e. The molecule has 0 radical (unpaired) electrons. The Balaban J connectivity index is 2.62. The van der Waals surface area contributed by atoms with Gasteiger partial charge in [-0.2, -0.15) is 0 Å². The number of carbonyl (C=O) groups excluding carboxylic acids is 1. The van der Waals surface area contributed by atoms with Crippen LogP contribution in [0.25, 0.3) is 0 Å². The van der Waals surface area contributed by atoms with Crippen LogP contribution in [0.5, 0.6) is 0 Å². The van der Waals surface area contributed by atoms with Gasteiger partial charge < -0.3 is 10.6 Å². The van der Waals surface area contributed by atoms with Crippen molar-refractivity contribution in [3.8, 4) is 0 Å². The third-order valence-electron chi connectivity index (χ3n) is 3.55. The van der Waals surface area contributed by atoms with E-state index in [1.807, 2.05) is 4.90 Å². The summed E-state index contributed by atoms with van der Waals surface area (Å²) < 4.78 is 0. The van der Waals surface area contributed by atoms with Gasteiger partial charge in [-0.15, -0.1) is 0 Å². The van der Waals surface area contributed by atoms with E-state index in [4.69, 9.17) is 18.0 Å². The van der Waals surface area contributed by atoms with E-state index >= 15 is 0 Å². The number of amides is 1. The molecule has 1 amide bonds. The highest BCUT2D eigenvalue weighted by Crippen LogP contribution is 2.19. The third kappa shape index (κ3) is 4.26. The minimum atomic E-state index is -0.247. The molecule has 0 aliphatic carbocycles. The molecule has 17 heavy (non-hydrogen) atoms. The summed E-state index contributed by atoms with van der Waals surface area (Å²) in [5.74, 6) is 0.624. The van der Waals surface area contributed by atoms with E-state index in [0.717, 1.165) is 44.7 Å². The van der Waals surface area contributed by atoms with Crippen molar-refractivity contribution in [3.05, 3.63) is 0 Å². The Bertz CT molecular complexity index is 281. The van der Waals surface area contributed by atoms with Crippen LogP contribution in [0.4, 0.5) is 0 Å². The van der Waals surface area contributed by atoms with Gasteiger partial charge in [0.15, 0.2) is 0 Å². The molecule has 1 heterocycles. The lowest BCUT2D eigenvalue weighted by Crippen LogP contribution is -2.41. The van der Waals surface area contributed by atoms with Crippen molar-refractivity contribution in [3.63, 3.8) is 0 Å². The molecule has 2 atom stereocenters. The molecule has 0 bridgehead atoms. The molecule has 0 saturated carbocycles. The maximum absolute atomic E-state index is 12.3. The number of carbonyl (C=O) groups is 1. The van der Waals surface area contributed by atoms with Crippen LogP contribution in [0.3, 0.4) is 0 Å². The molecule has 0 aromatic heterocycles. The van der Waals surface area contributed by atoms with Gasteiger partial charge in [0, 0.05) is 13.1 Å². The van der Waals surface area contributed by atoms with Gasteiger partial charge in [-0.1, -0.05) is 32.5 Å². The number of hydrogen-bond donors (Lipinski definition) is 1. The molecule has 0 aromatic carbocycles. The Morgan fingerprint density at radius 3 is 2.76 bits per heavy atom. The number of nitrogens with two attached hydrogens (primary N) is 1. The largest absolute Gasteiger partial charge is 0.393 e. The van der Waals surface area contributed by atoms with E-state index in [9.17, 15) is 4.79 Å². The molecule has 2 unspecified atom stereocenters. The van der Waals surface area contributed by atoms with Crippen LogP contribution in [-0.4, -0.2) is 28.9 Å². The van der Waals surface area contributed by atoms with Crippen LogP contribution in [0, 0.1) is 11.8 Å². The van der Waals surface area contributed by atoms with Crippen molar-refractivity contribution < 1.29 is 4.79 Å². The van der Waals surface area contributed by atoms with Crippen molar-refractivity contribution >= 4 is 23.1 Å². The topological polar surface area (TPSA) is 46.3 Å². The smallest absolute Gasteiger partial charge is 0.232 e. The average molecular weight is 256 g/mol. The number of hydrogen-bond acceptors (Lipinski definition) is 2. The first-order valence-electron chi connectivity index (χ1n) is 6.64. The Hall–Kier alpha value is -0.640. The Morgan fingerprint density at radius 2 is 2.18 bits per heavy atom. The Labute approximate surface area is 110 Å². The first-order valence-corrected chi connectivity index (χ1v) is 7.05. The summed E-state index contributed by atoms with van der Waals surface area (Å²) in [4.78, 5) is 14.7. The summed E-state index contributed by atoms with van der Waals surface area (Å²) in [6, 6.07) is 0. The number of rotatable bonds is 4. The highest BCUT2D eigenvalue weighted by molar-refractivity contribution is 7.80. The van der Waals surface area contributed by atoms with Crippen LogP contribution in [0.15, 0.2) is 0 Å². The van der Waals surface area contributed by atoms with Gasteiger partial charge in [0.2, 0.25) is 5.91 Å². The molecule has 1 aliphatic heterocycles. The van der Waals surface area contributed by atoms with Crippen LogP contribution < -0.4 is 5.73 Å². The first-order chi connectivity index (χ1) is 8.06. The van der Waals surface area contributed by atoms with Crippen LogP contribution in [0.1, 0.15) is 46.0 Å². The zero-order valence-electron chi connectivity index (χ0n) is 10.9. The molecule has 98 valence electrons. The number of thiocarbonyl (C=S) groups is 1. The normalized spacial score (nSPS) is 22.9. The Morgan fingerprint density at radius 1 is 1.47 bits per heavy atom. The summed E-state index contributed by atoms with van der Waals surface area (Å²) in [6.07, 6.45) is 5.14. The van der Waals surface area contributed by atoms with E-state index < -0.39 is 0 Å². The van der Waals surface area contributed by atoms with E-state index in [0.29, 0.717) is 4.99 Å². The summed E-state index contributed by atoms with van der Waals surface area (Å²) in [5.41, 5.74) is 5.68. The highest BCUT2D eigenvalue weighted by atomic mass is 32.1. The molecule has 1 aliphatic rings. The molecular weight excluding hydrogens is 232 g/mol. The van der Waals surface area contributed by atoms with Crippen LogP contribution >= 0.6 is 12.2 Å². The second kappa shape index (κ2) is 6.94. The molecule has 3 nitrogen and oxygen atoms in total. The van der Waals surface area contributed by atoms with Gasteiger partial charge in [-0.3, -0.25) is 4.79 Å². The number of nitrogens with zero attached hydrogens (tertiary/aromatic N) is 1. The fourth-order valence-electron chi connectivity index (χ4n) is 2.38. The molecule has 1 saturated heterocycles. The lowest BCUT2D eigenvalue weighted by atomic mass is 10.0. The van der Waals surface area contributed by atoms with Gasteiger partial charge in [0.25, 0.3) is 0 Å². The monoisotopic (exact) mass is 256 g/mol. The van der Waals surface area contributed by atoms with Crippen molar-refractivity contribution in [2.24, 2.45) is 17.6 Å². The molecule has 4 heteroatoms. The van der Waals surface area contributed by atoms with Gasteiger partial charge in [-0.25, -0.2) is 0 Å². The third-order valence-corrected chi connectivity index (χ3v) is 3.83. The zero-order chi connectivity index (χ0) is 12.8. The first kappa shape index (κ1) is 14.4. The predicted molar refractivity (Wildman–Crippen MR) is 74.8 cm³/mol. The van der Waals surface area contributed by atoms with Gasteiger partial charge >= 0.3 is 0 Å². The SMILES string of the molecule is CCCC(C(=O)N1CCCC(C)CC1)C(N)=S. The highest BCUT2D eigenvalue weighted by Gasteiger charge is 2.27. The van der Waals surface area contributed by atoms with Crippen molar-refractivity contribution in [1.82, 2.24) is 4.90 Å². The molecule has 0 spiro atoms. The van der Waals surface area contributed by atoms with E-state index in [2.05, 4.69) is 13.8 Å². The molecule has 2 N–H and O–H groups in total.